The summed E-state index contributed by atoms with van der Waals surface area (Å²) < 4.78 is 5.65. The smallest absolute Gasteiger partial charge is 0.226 e. The van der Waals surface area contributed by atoms with Gasteiger partial charge >= 0.3 is 0 Å². The lowest BCUT2D eigenvalue weighted by Crippen LogP contribution is -2.41. The minimum Gasteiger partial charge on any atom is -0.375 e. The van der Waals surface area contributed by atoms with E-state index in [9.17, 15) is 0 Å². The van der Waals surface area contributed by atoms with Gasteiger partial charge in [0.25, 0.3) is 0 Å². The van der Waals surface area contributed by atoms with Crippen molar-refractivity contribution in [1.82, 2.24) is 19.9 Å². The van der Waals surface area contributed by atoms with Crippen molar-refractivity contribution >= 4 is 39.8 Å². The van der Waals surface area contributed by atoms with Crippen LogP contribution in [0.5, 0.6) is 0 Å². The number of aromatic nitrogens is 4. The standard InChI is InChI=1S/C28H25ClN6O/c1-18-17-35(12-13-36-18)28-31-15-22-24(8-5-9-25(22)34-28)32-20-10-11-23(29)21(14-20)27-30-16-26(33-27)19-6-3-2-4-7-19/h2-11,14-16,18,32H,12-13,17H2,1H3,(H,30,33)/t18-/m1/s1. The molecule has 2 aromatic heterocycles. The zero-order valence-electron chi connectivity index (χ0n) is 19.8. The Labute approximate surface area is 214 Å². The second kappa shape index (κ2) is 9.60. The lowest BCUT2D eigenvalue weighted by Gasteiger charge is -2.31. The number of imidazole rings is 1. The maximum atomic E-state index is 6.56. The summed E-state index contributed by atoms with van der Waals surface area (Å²) in [4.78, 5) is 19.6. The molecule has 0 aliphatic carbocycles. The normalized spacial score (nSPS) is 15.8. The summed E-state index contributed by atoms with van der Waals surface area (Å²) >= 11 is 6.56. The van der Waals surface area contributed by atoms with Crippen molar-refractivity contribution in [2.75, 3.05) is 29.9 Å². The van der Waals surface area contributed by atoms with Crippen LogP contribution in [0.3, 0.4) is 0 Å². The van der Waals surface area contributed by atoms with Crippen LogP contribution in [-0.4, -0.2) is 45.7 Å². The van der Waals surface area contributed by atoms with Gasteiger partial charge in [-0.05, 0) is 42.8 Å². The zero-order valence-corrected chi connectivity index (χ0v) is 20.5. The maximum absolute atomic E-state index is 6.56. The van der Waals surface area contributed by atoms with Crippen molar-refractivity contribution < 1.29 is 4.74 Å². The number of ether oxygens (including phenoxy) is 1. The van der Waals surface area contributed by atoms with Gasteiger partial charge in [-0.3, -0.25) is 0 Å². The van der Waals surface area contributed by atoms with Crippen LogP contribution in [0.1, 0.15) is 6.92 Å². The molecule has 1 fully saturated rings. The van der Waals surface area contributed by atoms with Gasteiger partial charge in [0.05, 0.1) is 35.1 Å². The highest BCUT2D eigenvalue weighted by Crippen LogP contribution is 2.33. The fourth-order valence-electron chi connectivity index (χ4n) is 4.47. The third-order valence-electron chi connectivity index (χ3n) is 6.30. The summed E-state index contributed by atoms with van der Waals surface area (Å²) in [5.41, 5.74) is 5.54. The summed E-state index contributed by atoms with van der Waals surface area (Å²) in [5.74, 6) is 1.45. The second-order valence-electron chi connectivity index (χ2n) is 8.87. The largest absolute Gasteiger partial charge is 0.375 e. The highest BCUT2D eigenvalue weighted by atomic mass is 35.5. The molecular weight excluding hydrogens is 472 g/mol. The lowest BCUT2D eigenvalue weighted by molar-refractivity contribution is 0.0526. The number of nitrogens with zero attached hydrogens (tertiary/aromatic N) is 4. The molecule has 5 aromatic rings. The SMILES string of the molecule is C[C@@H]1CN(c2ncc3c(Nc4ccc(Cl)c(-c5ncc(-c6ccccc6)[nH]5)c4)cccc3n2)CCO1. The molecule has 0 unspecified atom stereocenters. The summed E-state index contributed by atoms with van der Waals surface area (Å²) in [6.07, 6.45) is 3.88. The number of benzene rings is 3. The second-order valence-corrected chi connectivity index (χ2v) is 9.27. The van der Waals surface area contributed by atoms with E-state index in [0.29, 0.717) is 17.5 Å². The Kier molecular flexibility index (Phi) is 6.01. The third kappa shape index (κ3) is 4.51. The van der Waals surface area contributed by atoms with Gasteiger partial charge in [0.2, 0.25) is 5.95 Å². The summed E-state index contributed by atoms with van der Waals surface area (Å²) in [7, 11) is 0. The number of morpholine rings is 1. The molecule has 3 aromatic carbocycles. The van der Waals surface area contributed by atoms with Crippen molar-refractivity contribution in [3.05, 3.63) is 84.1 Å². The first kappa shape index (κ1) is 22.5. The fraction of sp³-hybridized carbons (Fsp3) is 0.179. The van der Waals surface area contributed by atoms with Crippen molar-refractivity contribution in [1.29, 1.82) is 0 Å². The number of H-pyrrole nitrogens is 1. The Bertz CT molecular complexity index is 1520. The molecule has 8 heteroatoms. The highest BCUT2D eigenvalue weighted by Gasteiger charge is 2.19. The number of hydrogen-bond donors (Lipinski definition) is 2. The summed E-state index contributed by atoms with van der Waals surface area (Å²) in [6, 6.07) is 22.0. The molecule has 0 spiro atoms. The number of halogens is 1. The average molecular weight is 497 g/mol. The average Bonchev–Trinajstić information content (AvgIpc) is 3.40. The van der Waals surface area contributed by atoms with E-state index in [0.717, 1.165) is 58.1 Å². The van der Waals surface area contributed by atoms with E-state index in [1.165, 1.54) is 0 Å². The topological polar surface area (TPSA) is 79.0 Å². The van der Waals surface area contributed by atoms with Crippen LogP contribution in [0.25, 0.3) is 33.5 Å². The summed E-state index contributed by atoms with van der Waals surface area (Å²) in [6.45, 7) is 4.34. The van der Waals surface area contributed by atoms with Crippen LogP contribution in [0, 0.1) is 0 Å². The Hall–Kier alpha value is -3.94. The fourth-order valence-corrected chi connectivity index (χ4v) is 4.68. The minimum atomic E-state index is 0.170. The van der Waals surface area contributed by atoms with Crippen LogP contribution < -0.4 is 10.2 Å². The molecule has 1 atom stereocenters. The number of fused-ring (bicyclic) bond motifs is 1. The minimum absolute atomic E-state index is 0.170. The molecular formula is C28H25ClN6O. The van der Waals surface area contributed by atoms with E-state index in [1.807, 2.05) is 79.1 Å². The number of rotatable bonds is 5. The van der Waals surface area contributed by atoms with E-state index in [2.05, 4.69) is 32.1 Å². The first-order valence-electron chi connectivity index (χ1n) is 11.9. The van der Waals surface area contributed by atoms with Crippen molar-refractivity contribution in [2.24, 2.45) is 0 Å². The number of hydrogen-bond acceptors (Lipinski definition) is 6. The van der Waals surface area contributed by atoms with E-state index in [-0.39, 0.29) is 6.10 Å². The van der Waals surface area contributed by atoms with E-state index in [4.69, 9.17) is 21.3 Å². The first-order valence-corrected chi connectivity index (χ1v) is 12.3. The van der Waals surface area contributed by atoms with Crippen molar-refractivity contribution in [3.8, 4) is 22.6 Å². The van der Waals surface area contributed by atoms with Crippen molar-refractivity contribution in [2.45, 2.75) is 13.0 Å². The molecule has 0 bridgehead atoms. The Morgan fingerprint density at radius 3 is 2.78 bits per heavy atom. The molecule has 1 aliphatic heterocycles. The molecule has 1 aliphatic rings. The third-order valence-corrected chi connectivity index (χ3v) is 6.63. The molecule has 0 radical (unpaired) electrons. The zero-order chi connectivity index (χ0) is 24.5. The van der Waals surface area contributed by atoms with Crippen LogP contribution in [-0.2, 0) is 4.74 Å². The van der Waals surface area contributed by atoms with Gasteiger partial charge in [0.1, 0.15) is 5.82 Å². The van der Waals surface area contributed by atoms with Gasteiger partial charge in [-0.2, -0.15) is 0 Å². The molecule has 7 nitrogen and oxygen atoms in total. The number of nitrogens with one attached hydrogen (secondary N) is 2. The molecule has 180 valence electrons. The van der Waals surface area contributed by atoms with Crippen LogP contribution in [0.15, 0.2) is 79.1 Å². The Balaban J connectivity index is 1.29. The quantitative estimate of drug-likeness (QED) is 0.297. The Morgan fingerprint density at radius 2 is 1.92 bits per heavy atom. The molecule has 3 heterocycles. The highest BCUT2D eigenvalue weighted by molar-refractivity contribution is 6.33. The van der Waals surface area contributed by atoms with E-state index < -0.39 is 0 Å². The van der Waals surface area contributed by atoms with Gasteiger partial charge in [-0.15, -0.1) is 0 Å². The molecule has 36 heavy (non-hydrogen) atoms. The number of aromatic amines is 1. The predicted octanol–water partition coefficient (Wildman–Crippen LogP) is 6.31. The monoisotopic (exact) mass is 496 g/mol. The van der Waals surface area contributed by atoms with Gasteiger partial charge in [-0.25, -0.2) is 15.0 Å². The van der Waals surface area contributed by atoms with E-state index in [1.54, 1.807) is 0 Å². The molecule has 0 amide bonds. The maximum Gasteiger partial charge on any atom is 0.226 e. The molecule has 1 saturated heterocycles. The molecule has 6 rings (SSSR count). The predicted molar refractivity (Wildman–Crippen MR) is 145 cm³/mol. The van der Waals surface area contributed by atoms with Gasteiger partial charge in [0.15, 0.2) is 0 Å². The van der Waals surface area contributed by atoms with Gasteiger partial charge in [-0.1, -0.05) is 48.0 Å². The van der Waals surface area contributed by atoms with Crippen LogP contribution in [0.4, 0.5) is 17.3 Å². The molecule has 2 N–H and O–H groups in total. The molecule has 0 saturated carbocycles. The van der Waals surface area contributed by atoms with Crippen LogP contribution in [0.2, 0.25) is 5.02 Å². The first-order chi connectivity index (χ1) is 17.6. The van der Waals surface area contributed by atoms with Gasteiger partial charge < -0.3 is 19.9 Å². The summed E-state index contributed by atoms with van der Waals surface area (Å²) in [5, 5.41) is 5.09. The van der Waals surface area contributed by atoms with Gasteiger partial charge in [0, 0.05) is 41.6 Å². The van der Waals surface area contributed by atoms with E-state index >= 15 is 0 Å². The Morgan fingerprint density at radius 1 is 1.03 bits per heavy atom. The van der Waals surface area contributed by atoms with Crippen LogP contribution >= 0.6 is 11.6 Å². The van der Waals surface area contributed by atoms with Crippen molar-refractivity contribution in [3.63, 3.8) is 0 Å². The number of anilines is 3. The lowest BCUT2D eigenvalue weighted by atomic mass is 10.1.